The van der Waals surface area contributed by atoms with E-state index in [0.29, 0.717) is 18.6 Å². The standard InChI is InChI=1S/C21H30N2O3/c1-14-3-4-15(9-19(14)25-2)5-8-21(24)22-17-10-18-13-26-20(16-6-7-16)12-23(18)11-17/h3-4,9,16-18,20H,5-8,10-13H2,1-2H3,(H,22,24)/t17-,18+,20-/m1/s1. The van der Waals surface area contributed by atoms with E-state index in [1.807, 2.05) is 13.0 Å². The van der Waals surface area contributed by atoms with Crippen molar-refractivity contribution in [2.45, 2.75) is 57.2 Å². The molecule has 0 aromatic heterocycles. The first kappa shape index (κ1) is 17.8. The number of nitrogens with one attached hydrogen (secondary N) is 1. The van der Waals surface area contributed by atoms with Crippen LogP contribution in [-0.2, 0) is 16.0 Å². The van der Waals surface area contributed by atoms with Crippen LogP contribution in [0.2, 0.25) is 0 Å². The molecule has 26 heavy (non-hydrogen) atoms. The van der Waals surface area contributed by atoms with Crippen molar-refractivity contribution >= 4 is 5.91 Å². The minimum atomic E-state index is 0.147. The number of hydrogen-bond acceptors (Lipinski definition) is 4. The lowest BCUT2D eigenvalue weighted by molar-refractivity contribution is -0.121. The lowest BCUT2D eigenvalue weighted by Gasteiger charge is -2.35. The summed E-state index contributed by atoms with van der Waals surface area (Å²) in [6, 6.07) is 6.92. The number of nitrogens with zero attached hydrogens (tertiary/aromatic N) is 1. The van der Waals surface area contributed by atoms with Crippen molar-refractivity contribution in [2.75, 3.05) is 26.8 Å². The van der Waals surface area contributed by atoms with Crippen LogP contribution in [-0.4, -0.2) is 55.8 Å². The van der Waals surface area contributed by atoms with E-state index in [0.717, 1.165) is 55.3 Å². The molecule has 5 nitrogen and oxygen atoms in total. The molecule has 2 heterocycles. The number of carbonyl (C=O) groups is 1. The average molecular weight is 358 g/mol. The third-order valence-corrected chi connectivity index (χ3v) is 6.07. The molecule has 1 aromatic rings. The van der Waals surface area contributed by atoms with Gasteiger partial charge < -0.3 is 14.8 Å². The van der Waals surface area contributed by atoms with Crippen LogP contribution in [0.15, 0.2) is 18.2 Å². The van der Waals surface area contributed by atoms with Crippen molar-refractivity contribution in [1.82, 2.24) is 10.2 Å². The molecule has 2 aliphatic heterocycles. The first-order chi connectivity index (χ1) is 12.6. The Balaban J connectivity index is 1.24. The van der Waals surface area contributed by atoms with Gasteiger partial charge in [-0.15, -0.1) is 0 Å². The summed E-state index contributed by atoms with van der Waals surface area (Å²) in [4.78, 5) is 14.9. The fourth-order valence-electron chi connectivity index (χ4n) is 4.34. The molecule has 3 atom stereocenters. The molecule has 0 bridgehead atoms. The van der Waals surface area contributed by atoms with Gasteiger partial charge in [-0.3, -0.25) is 9.69 Å². The Morgan fingerprint density at radius 1 is 1.35 bits per heavy atom. The number of aryl methyl sites for hydroxylation is 2. The third kappa shape index (κ3) is 4.04. The molecular formula is C21H30N2O3. The second-order valence-corrected chi connectivity index (χ2v) is 8.12. The number of rotatable bonds is 6. The lowest BCUT2D eigenvalue weighted by atomic mass is 10.1. The first-order valence-electron chi connectivity index (χ1n) is 9.91. The molecule has 1 N–H and O–H groups in total. The molecule has 3 aliphatic rings. The summed E-state index contributed by atoms with van der Waals surface area (Å²) in [5.74, 6) is 1.82. The second-order valence-electron chi connectivity index (χ2n) is 8.12. The summed E-state index contributed by atoms with van der Waals surface area (Å²) >= 11 is 0. The Morgan fingerprint density at radius 3 is 2.96 bits per heavy atom. The number of methoxy groups -OCH3 is 1. The summed E-state index contributed by atoms with van der Waals surface area (Å²) < 4.78 is 11.4. The van der Waals surface area contributed by atoms with Crippen LogP contribution in [0.5, 0.6) is 5.75 Å². The second kappa shape index (κ2) is 7.57. The third-order valence-electron chi connectivity index (χ3n) is 6.07. The number of amides is 1. The van der Waals surface area contributed by atoms with Crippen LogP contribution in [0, 0.1) is 12.8 Å². The summed E-state index contributed by atoms with van der Waals surface area (Å²) in [6.07, 6.45) is 5.36. The topological polar surface area (TPSA) is 50.8 Å². The number of morpholine rings is 1. The summed E-state index contributed by atoms with van der Waals surface area (Å²) in [5, 5.41) is 3.24. The van der Waals surface area contributed by atoms with Crippen molar-refractivity contribution in [2.24, 2.45) is 5.92 Å². The van der Waals surface area contributed by atoms with E-state index in [1.165, 1.54) is 12.8 Å². The zero-order valence-corrected chi connectivity index (χ0v) is 15.9. The molecule has 142 valence electrons. The normalized spacial score (nSPS) is 28.6. The van der Waals surface area contributed by atoms with E-state index in [-0.39, 0.29) is 11.9 Å². The summed E-state index contributed by atoms with van der Waals surface area (Å²) in [6.45, 7) is 4.88. The predicted octanol–water partition coefficient (Wildman–Crippen LogP) is 2.30. The molecule has 1 saturated carbocycles. The lowest BCUT2D eigenvalue weighted by Crippen LogP contribution is -2.47. The van der Waals surface area contributed by atoms with E-state index >= 15 is 0 Å². The Kier molecular flexibility index (Phi) is 5.18. The molecule has 0 radical (unpaired) electrons. The van der Waals surface area contributed by atoms with Gasteiger partial charge in [0.1, 0.15) is 5.75 Å². The smallest absolute Gasteiger partial charge is 0.220 e. The summed E-state index contributed by atoms with van der Waals surface area (Å²) in [7, 11) is 1.69. The molecule has 2 saturated heterocycles. The zero-order chi connectivity index (χ0) is 18.1. The molecule has 0 unspecified atom stereocenters. The number of hydrogen-bond donors (Lipinski definition) is 1. The fourth-order valence-corrected chi connectivity index (χ4v) is 4.34. The van der Waals surface area contributed by atoms with E-state index in [4.69, 9.17) is 9.47 Å². The highest BCUT2D eigenvalue weighted by Crippen LogP contribution is 2.37. The Hall–Kier alpha value is -1.59. The molecule has 4 rings (SSSR count). The van der Waals surface area contributed by atoms with Gasteiger partial charge in [0.2, 0.25) is 5.91 Å². The van der Waals surface area contributed by atoms with Crippen LogP contribution in [0.1, 0.15) is 36.8 Å². The van der Waals surface area contributed by atoms with E-state index in [9.17, 15) is 4.79 Å². The van der Waals surface area contributed by atoms with Crippen molar-refractivity contribution < 1.29 is 14.3 Å². The van der Waals surface area contributed by atoms with Crippen LogP contribution in [0.25, 0.3) is 0 Å². The fraction of sp³-hybridized carbons (Fsp3) is 0.667. The molecule has 1 aliphatic carbocycles. The monoisotopic (exact) mass is 358 g/mol. The number of fused-ring (bicyclic) bond motifs is 1. The van der Waals surface area contributed by atoms with Crippen LogP contribution in [0.3, 0.4) is 0 Å². The Labute approximate surface area is 156 Å². The van der Waals surface area contributed by atoms with Gasteiger partial charge in [-0.1, -0.05) is 12.1 Å². The van der Waals surface area contributed by atoms with Gasteiger partial charge in [-0.25, -0.2) is 0 Å². The predicted molar refractivity (Wildman–Crippen MR) is 100 cm³/mol. The number of benzene rings is 1. The maximum absolute atomic E-state index is 12.4. The van der Waals surface area contributed by atoms with Crippen molar-refractivity contribution in [3.63, 3.8) is 0 Å². The average Bonchev–Trinajstić information content (AvgIpc) is 3.41. The summed E-state index contributed by atoms with van der Waals surface area (Å²) in [5.41, 5.74) is 2.27. The van der Waals surface area contributed by atoms with Gasteiger partial charge in [0.15, 0.2) is 0 Å². The molecule has 3 fully saturated rings. The first-order valence-corrected chi connectivity index (χ1v) is 9.91. The van der Waals surface area contributed by atoms with Crippen molar-refractivity contribution in [3.05, 3.63) is 29.3 Å². The SMILES string of the molecule is COc1cc(CCC(=O)N[C@@H]2C[C@H]3CO[C@@H](C4CC4)CN3C2)ccc1C. The van der Waals surface area contributed by atoms with E-state index in [1.54, 1.807) is 7.11 Å². The maximum atomic E-state index is 12.4. The quantitative estimate of drug-likeness (QED) is 0.848. The highest BCUT2D eigenvalue weighted by atomic mass is 16.5. The minimum Gasteiger partial charge on any atom is -0.496 e. The van der Waals surface area contributed by atoms with Gasteiger partial charge in [0.05, 0.1) is 19.8 Å². The molecular weight excluding hydrogens is 328 g/mol. The Morgan fingerprint density at radius 2 is 2.19 bits per heavy atom. The van der Waals surface area contributed by atoms with Gasteiger partial charge >= 0.3 is 0 Å². The van der Waals surface area contributed by atoms with Gasteiger partial charge in [-0.05, 0) is 55.7 Å². The van der Waals surface area contributed by atoms with Gasteiger partial charge in [-0.2, -0.15) is 0 Å². The molecule has 1 amide bonds. The number of carbonyl (C=O) groups excluding carboxylic acids is 1. The highest BCUT2D eigenvalue weighted by molar-refractivity contribution is 5.76. The highest BCUT2D eigenvalue weighted by Gasteiger charge is 2.42. The van der Waals surface area contributed by atoms with E-state index < -0.39 is 0 Å². The molecule has 5 heteroatoms. The van der Waals surface area contributed by atoms with Crippen LogP contribution < -0.4 is 10.1 Å². The van der Waals surface area contributed by atoms with Crippen molar-refractivity contribution in [3.8, 4) is 5.75 Å². The largest absolute Gasteiger partial charge is 0.496 e. The minimum absolute atomic E-state index is 0.147. The maximum Gasteiger partial charge on any atom is 0.220 e. The number of ether oxygens (including phenoxy) is 2. The molecule has 0 spiro atoms. The Bertz CT molecular complexity index is 659. The van der Waals surface area contributed by atoms with Crippen molar-refractivity contribution in [1.29, 1.82) is 0 Å². The zero-order valence-electron chi connectivity index (χ0n) is 15.9. The van der Waals surface area contributed by atoms with Crippen LogP contribution in [0.4, 0.5) is 0 Å². The molecule has 1 aromatic carbocycles. The van der Waals surface area contributed by atoms with Crippen LogP contribution >= 0.6 is 0 Å². The van der Waals surface area contributed by atoms with Gasteiger partial charge in [0, 0.05) is 31.6 Å². The van der Waals surface area contributed by atoms with E-state index in [2.05, 4.69) is 22.3 Å². The van der Waals surface area contributed by atoms with Gasteiger partial charge in [0.25, 0.3) is 0 Å².